The predicted molar refractivity (Wildman–Crippen MR) is 85.9 cm³/mol. The molecule has 1 N–H and O–H groups in total. The Balaban J connectivity index is 2.69. The summed E-state index contributed by atoms with van der Waals surface area (Å²) < 4.78 is 0. The Morgan fingerprint density at radius 2 is 1.90 bits per heavy atom. The molecule has 0 fully saturated rings. The third-order valence-corrected chi connectivity index (χ3v) is 3.97. The Bertz CT molecular complexity index is 696. The van der Waals surface area contributed by atoms with Gasteiger partial charge in [0.25, 0.3) is 0 Å². The highest BCUT2D eigenvalue weighted by molar-refractivity contribution is 5.86. The second kappa shape index (κ2) is 5.47. The Labute approximate surface area is 126 Å². The first-order valence-electron chi connectivity index (χ1n) is 7.32. The van der Waals surface area contributed by atoms with Crippen LogP contribution >= 0.6 is 0 Å². The molecule has 0 radical (unpaired) electrons. The minimum absolute atomic E-state index is 0.0532. The number of fused-ring (bicyclic) bond motifs is 1. The van der Waals surface area contributed by atoms with Crippen molar-refractivity contribution in [3.05, 3.63) is 40.6 Å². The molecule has 1 heterocycles. The number of carboxylic acids is 1. The van der Waals surface area contributed by atoms with Crippen molar-refractivity contribution in [2.45, 2.75) is 52.9 Å². The number of carboxylic acid groups (broad SMARTS) is 1. The molecule has 3 nitrogen and oxygen atoms in total. The van der Waals surface area contributed by atoms with Crippen LogP contribution in [0, 0.1) is 13.8 Å². The Morgan fingerprint density at radius 1 is 1.24 bits per heavy atom. The van der Waals surface area contributed by atoms with Gasteiger partial charge in [0.1, 0.15) is 0 Å². The van der Waals surface area contributed by atoms with Gasteiger partial charge < -0.3 is 5.11 Å². The van der Waals surface area contributed by atoms with E-state index in [4.69, 9.17) is 10.1 Å². The van der Waals surface area contributed by atoms with E-state index in [1.807, 2.05) is 0 Å². The number of rotatable bonds is 3. The second-order valence-electron chi connectivity index (χ2n) is 6.71. The molecule has 112 valence electrons. The van der Waals surface area contributed by atoms with E-state index in [2.05, 4.69) is 52.8 Å². The van der Waals surface area contributed by atoms with Crippen molar-refractivity contribution < 1.29 is 9.90 Å². The maximum absolute atomic E-state index is 10.9. The van der Waals surface area contributed by atoms with E-state index in [-0.39, 0.29) is 11.8 Å². The van der Waals surface area contributed by atoms with Gasteiger partial charge >= 0.3 is 5.97 Å². The monoisotopic (exact) mass is 285 g/mol. The molecule has 0 atom stereocenters. The summed E-state index contributed by atoms with van der Waals surface area (Å²) in [7, 11) is 0. The smallest absolute Gasteiger partial charge is 0.303 e. The average Bonchev–Trinajstić information content (AvgIpc) is 2.39. The van der Waals surface area contributed by atoms with Crippen molar-refractivity contribution in [3.63, 3.8) is 0 Å². The molecule has 1 aromatic carbocycles. The lowest BCUT2D eigenvalue weighted by Crippen LogP contribution is -2.15. The topological polar surface area (TPSA) is 50.2 Å². The van der Waals surface area contributed by atoms with Gasteiger partial charge in [0.2, 0.25) is 0 Å². The summed E-state index contributed by atoms with van der Waals surface area (Å²) in [6.07, 6.45) is 0.690. The maximum Gasteiger partial charge on any atom is 0.303 e. The highest BCUT2D eigenvalue weighted by Gasteiger charge is 2.19. The van der Waals surface area contributed by atoms with Crippen LogP contribution in [0.3, 0.4) is 0 Å². The molecule has 3 heteroatoms. The number of hydrogen-bond acceptors (Lipinski definition) is 2. The SMILES string of the molecule is Cc1ccc2c(CCC(=O)O)cc(C(C)(C)C)nc2c1C. The summed E-state index contributed by atoms with van der Waals surface area (Å²) in [4.78, 5) is 15.7. The molecule has 0 aliphatic carbocycles. The molecular formula is C18H23NO2. The summed E-state index contributed by atoms with van der Waals surface area (Å²) in [5.41, 5.74) is 5.44. The lowest BCUT2D eigenvalue weighted by Gasteiger charge is -2.21. The molecular weight excluding hydrogens is 262 g/mol. The van der Waals surface area contributed by atoms with Crippen LogP contribution in [-0.2, 0) is 16.6 Å². The number of nitrogens with zero attached hydrogens (tertiary/aromatic N) is 1. The maximum atomic E-state index is 10.9. The van der Waals surface area contributed by atoms with Crippen LogP contribution in [0.15, 0.2) is 18.2 Å². The van der Waals surface area contributed by atoms with Crippen molar-refractivity contribution in [2.75, 3.05) is 0 Å². The fourth-order valence-corrected chi connectivity index (χ4v) is 2.43. The van der Waals surface area contributed by atoms with Gasteiger partial charge in [-0.15, -0.1) is 0 Å². The molecule has 0 spiro atoms. The van der Waals surface area contributed by atoms with Gasteiger partial charge in [0, 0.05) is 22.9 Å². The van der Waals surface area contributed by atoms with Crippen molar-refractivity contribution >= 4 is 16.9 Å². The molecule has 0 aliphatic rings. The molecule has 0 unspecified atom stereocenters. The molecule has 21 heavy (non-hydrogen) atoms. The van der Waals surface area contributed by atoms with E-state index in [0.717, 1.165) is 22.2 Å². The van der Waals surface area contributed by atoms with Crippen LogP contribution in [0.5, 0.6) is 0 Å². The minimum atomic E-state index is -0.763. The number of benzene rings is 1. The first-order valence-corrected chi connectivity index (χ1v) is 7.32. The lowest BCUT2D eigenvalue weighted by atomic mass is 9.88. The van der Waals surface area contributed by atoms with Gasteiger partial charge in [-0.3, -0.25) is 9.78 Å². The number of aliphatic carboxylic acids is 1. The first-order chi connectivity index (χ1) is 9.70. The highest BCUT2D eigenvalue weighted by atomic mass is 16.4. The van der Waals surface area contributed by atoms with Crippen LogP contribution in [-0.4, -0.2) is 16.1 Å². The van der Waals surface area contributed by atoms with E-state index in [1.54, 1.807) is 0 Å². The van der Waals surface area contributed by atoms with Gasteiger partial charge in [-0.05, 0) is 43.0 Å². The van der Waals surface area contributed by atoms with Gasteiger partial charge in [-0.1, -0.05) is 32.9 Å². The van der Waals surface area contributed by atoms with E-state index >= 15 is 0 Å². The third kappa shape index (κ3) is 3.23. The van der Waals surface area contributed by atoms with Crippen LogP contribution < -0.4 is 0 Å². The van der Waals surface area contributed by atoms with Crippen molar-refractivity contribution in [1.82, 2.24) is 4.98 Å². The summed E-state index contributed by atoms with van der Waals surface area (Å²) in [6.45, 7) is 10.6. The van der Waals surface area contributed by atoms with Crippen LogP contribution in [0.4, 0.5) is 0 Å². The summed E-state index contributed by atoms with van der Waals surface area (Å²) in [6, 6.07) is 6.22. The van der Waals surface area contributed by atoms with Gasteiger partial charge in [0.15, 0.2) is 0 Å². The largest absolute Gasteiger partial charge is 0.481 e. The second-order valence-corrected chi connectivity index (χ2v) is 6.71. The number of aryl methyl sites for hydroxylation is 3. The molecule has 0 aliphatic heterocycles. The van der Waals surface area contributed by atoms with E-state index in [0.29, 0.717) is 6.42 Å². The van der Waals surface area contributed by atoms with Crippen molar-refractivity contribution in [2.24, 2.45) is 0 Å². The predicted octanol–water partition coefficient (Wildman–Crippen LogP) is 4.17. The Kier molecular flexibility index (Phi) is 4.04. The number of aromatic nitrogens is 1. The van der Waals surface area contributed by atoms with Crippen molar-refractivity contribution in [1.29, 1.82) is 0 Å². The van der Waals surface area contributed by atoms with Crippen LogP contribution in [0.25, 0.3) is 10.9 Å². The first kappa shape index (κ1) is 15.5. The van der Waals surface area contributed by atoms with E-state index in [9.17, 15) is 4.79 Å². The number of hydrogen-bond donors (Lipinski definition) is 1. The van der Waals surface area contributed by atoms with Gasteiger partial charge in [-0.2, -0.15) is 0 Å². The van der Waals surface area contributed by atoms with Gasteiger partial charge in [-0.25, -0.2) is 0 Å². The highest BCUT2D eigenvalue weighted by Crippen LogP contribution is 2.29. The summed E-state index contributed by atoms with van der Waals surface area (Å²) >= 11 is 0. The molecule has 0 saturated heterocycles. The molecule has 0 saturated carbocycles. The zero-order chi connectivity index (χ0) is 15.8. The zero-order valence-corrected chi connectivity index (χ0v) is 13.4. The molecule has 1 aromatic heterocycles. The van der Waals surface area contributed by atoms with Crippen molar-refractivity contribution in [3.8, 4) is 0 Å². The standard InChI is InChI=1S/C18H23NO2/c1-11-6-8-14-13(7-9-16(20)21)10-15(18(3,4)5)19-17(14)12(11)2/h6,8,10H,7,9H2,1-5H3,(H,20,21). The normalized spacial score (nSPS) is 11.9. The Hall–Kier alpha value is -1.90. The van der Waals surface area contributed by atoms with E-state index in [1.165, 1.54) is 11.1 Å². The van der Waals surface area contributed by atoms with Gasteiger partial charge in [0.05, 0.1) is 5.52 Å². The lowest BCUT2D eigenvalue weighted by molar-refractivity contribution is -0.136. The molecule has 0 bridgehead atoms. The number of carbonyl (C=O) groups is 1. The zero-order valence-electron chi connectivity index (χ0n) is 13.4. The fraction of sp³-hybridized carbons (Fsp3) is 0.444. The fourth-order valence-electron chi connectivity index (χ4n) is 2.43. The summed E-state index contributed by atoms with van der Waals surface area (Å²) in [5.74, 6) is -0.763. The van der Waals surface area contributed by atoms with Crippen LogP contribution in [0.1, 0.15) is 49.6 Å². The summed E-state index contributed by atoms with van der Waals surface area (Å²) in [5, 5.41) is 10.0. The van der Waals surface area contributed by atoms with E-state index < -0.39 is 5.97 Å². The average molecular weight is 285 g/mol. The number of pyridine rings is 1. The molecule has 0 amide bonds. The van der Waals surface area contributed by atoms with Crippen LogP contribution in [0.2, 0.25) is 0 Å². The molecule has 2 aromatic rings. The third-order valence-electron chi connectivity index (χ3n) is 3.97. The quantitative estimate of drug-likeness (QED) is 0.921. The molecule has 2 rings (SSSR count). The minimum Gasteiger partial charge on any atom is -0.481 e. The Morgan fingerprint density at radius 3 is 2.48 bits per heavy atom.